The highest BCUT2D eigenvalue weighted by Gasteiger charge is 2.16. The molecule has 1 saturated heterocycles. The number of hydrazone groups is 1. The lowest BCUT2D eigenvalue weighted by molar-refractivity contribution is 0.415. The number of methoxy groups -OCH3 is 1. The second-order valence-electron chi connectivity index (χ2n) is 7.11. The molecule has 3 aromatic rings. The predicted octanol–water partition coefficient (Wildman–Crippen LogP) is 3.36. The summed E-state index contributed by atoms with van der Waals surface area (Å²) < 4.78 is 5.55. The second kappa shape index (κ2) is 9.13. The van der Waals surface area contributed by atoms with E-state index in [0.29, 0.717) is 11.3 Å². The third-order valence-electron chi connectivity index (χ3n) is 5.11. The van der Waals surface area contributed by atoms with E-state index in [1.807, 2.05) is 42.5 Å². The third kappa shape index (κ3) is 4.41. The summed E-state index contributed by atoms with van der Waals surface area (Å²) in [4.78, 5) is 21.5. The van der Waals surface area contributed by atoms with Crippen LogP contribution in [0.5, 0.6) is 5.75 Å². The molecule has 156 valence electrons. The highest BCUT2D eigenvalue weighted by Crippen LogP contribution is 2.31. The van der Waals surface area contributed by atoms with Gasteiger partial charge in [0, 0.05) is 18.7 Å². The van der Waals surface area contributed by atoms with Gasteiger partial charge in [0.15, 0.2) is 0 Å². The molecule has 0 aliphatic carbocycles. The maximum atomic E-state index is 12.3. The number of nitrogens with zero attached hydrogens (tertiary/aromatic N) is 4. The fourth-order valence-corrected chi connectivity index (χ4v) is 3.60. The molecule has 0 saturated carbocycles. The van der Waals surface area contributed by atoms with E-state index < -0.39 is 5.56 Å². The van der Waals surface area contributed by atoms with Crippen molar-refractivity contribution in [2.24, 2.45) is 5.10 Å². The number of nitrogens with one attached hydrogen (secondary N) is 2. The first-order valence-corrected chi connectivity index (χ1v) is 10.0. The zero-order chi connectivity index (χ0) is 21.6. The Balaban J connectivity index is 1.56. The zero-order valence-electron chi connectivity index (χ0n) is 17.1. The van der Waals surface area contributed by atoms with Crippen LogP contribution in [0.4, 0.5) is 11.6 Å². The van der Waals surface area contributed by atoms with Crippen LogP contribution in [0, 0.1) is 11.3 Å². The van der Waals surface area contributed by atoms with Gasteiger partial charge in [0.25, 0.3) is 5.56 Å². The number of benzene rings is 2. The summed E-state index contributed by atoms with van der Waals surface area (Å²) in [6, 6.07) is 16.9. The van der Waals surface area contributed by atoms with Crippen LogP contribution in [0.1, 0.15) is 24.0 Å². The second-order valence-corrected chi connectivity index (χ2v) is 7.11. The largest absolute Gasteiger partial charge is 0.495 e. The lowest BCUT2D eigenvalue weighted by Crippen LogP contribution is -2.18. The summed E-state index contributed by atoms with van der Waals surface area (Å²) in [6.07, 6.45) is 4.00. The van der Waals surface area contributed by atoms with Gasteiger partial charge in [-0.15, -0.1) is 0 Å². The smallest absolute Gasteiger partial charge is 0.270 e. The van der Waals surface area contributed by atoms with Crippen molar-refractivity contribution in [3.8, 4) is 23.1 Å². The van der Waals surface area contributed by atoms with E-state index in [4.69, 9.17) is 4.74 Å². The van der Waals surface area contributed by atoms with E-state index in [9.17, 15) is 10.1 Å². The van der Waals surface area contributed by atoms with Crippen LogP contribution in [0.2, 0.25) is 0 Å². The monoisotopic (exact) mass is 414 g/mol. The van der Waals surface area contributed by atoms with Crippen molar-refractivity contribution in [1.29, 1.82) is 5.26 Å². The molecule has 31 heavy (non-hydrogen) atoms. The normalized spacial score (nSPS) is 13.4. The fourth-order valence-electron chi connectivity index (χ4n) is 3.60. The highest BCUT2D eigenvalue weighted by atomic mass is 16.5. The lowest BCUT2D eigenvalue weighted by Gasteiger charge is -2.20. The Bertz CT molecular complexity index is 1190. The number of aromatic amines is 1. The molecule has 8 nitrogen and oxygen atoms in total. The summed E-state index contributed by atoms with van der Waals surface area (Å²) in [7, 11) is 1.66. The number of H-pyrrole nitrogens is 1. The lowest BCUT2D eigenvalue weighted by atomic mass is 10.1. The van der Waals surface area contributed by atoms with Gasteiger partial charge in [0.05, 0.1) is 24.7 Å². The number of rotatable bonds is 6. The SMILES string of the molecule is COc1cc(C=NNc2nc(-c3ccccc3)c(C#N)c(=O)[nH]2)ccc1N1CCCC1. The van der Waals surface area contributed by atoms with Gasteiger partial charge < -0.3 is 9.64 Å². The summed E-state index contributed by atoms with van der Waals surface area (Å²) in [5.41, 5.74) is 5.09. The summed E-state index contributed by atoms with van der Waals surface area (Å²) in [5.74, 6) is 0.946. The van der Waals surface area contributed by atoms with E-state index >= 15 is 0 Å². The van der Waals surface area contributed by atoms with E-state index in [1.54, 1.807) is 25.5 Å². The maximum absolute atomic E-state index is 12.3. The van der Waals surface area contributed by atoms with Crippen molar-refractivity contribution in [2.75, 3.05) is 30.5 Å². The van der Waals surface area contributed by atoms with Gasteiger partial charge in [-0.05, 0) is 30.5 Å². The molecule has 0 atom stereocenters. The summed E-state index contributed by atoms with van der Waals surface area (Å²) in [5, 5.41) is 13.5. The highest BCUT2D eigenvalue weighted by molar-refractivity contribution is 5.82. The molecule has 1 aliphatic heterocycles. The Morgan fingerprint density at radius 2 is 2.00 bits per heavy atom. The molecule has 1 fully saturated rings. The summed E-state index contributed by atoms with van der Waals surface area (Å²) in [6.45, 7) is 2.07. The van der Waals surface area contributed by atoms with Crippen LogP contribution in [0.25, 0.3) is 11.3 Å². The van der Waals surface area contributed by atoms with Gasteiger partial charge in [-0.1, -0.05) is 36.4 Å². The molecule has 8 heteroatoms. The van der Waals surface area contributed by atoms with E-state index in [1.165, 1.54) is 12.8 Å². The van der Waals surface area contributed by atoms with E-state index in [0.717, 1.165) is 30.1 Å². The Morgan fingerprint density at radius 1 is 1.23 bits per heavy atom. The van der Waals surface area contributed by atoms with Crippen LogP contribution in [0.3, 0.4) is 0 Å². The average molecular weight is 414 g/mol. The molecule has 0 radical (unpaired) electrons. The van der Waals surface area contributed by atoms with Gasteiger partial charge in [-0.2, -0.15) is 10.4 Å². The van der Waals surface area contributed by atoms with Crippen LogP contribution in [-0.4, -0.2) is 36.4 Å². The molecule has 4 rings (SSSR count). The van der Waals surface area contributed by atoms with Crippen molar-refractivity contribution in [1.82, 2.24) is 9.97 Å². The Hall–Kier alpha value is -4.12. The first-order chi connectivity index (χ1) is 15.2. The van der Waals surface area contributed by atoms with Gasteiger partial charge in [-0.25, -0.2) is 10.4 Å². The van der Waals surface area contributed by atoms with Crippen LogP contribution >= 0.6 is 0 Å². The first-order valence-electron chi connectivity index (χ1n) is 10.0. The maximum Gasteiger partial charge on any atom is 0.270 e. The molecule has 2 N–H and O–H groups in total. The third-order valence-corrected chi connectivity index (χ3v) is 5.11. The number of anilines is 2. The van der Waals surface area contributed by atoms with E-state index in [-0.39, 0.29) is 11.5 Å². The zero-order valence-corrected chi connectivity index (χ0v) is 17.1. The molecular formula is C23H22N6O2. The number of nitriles is 1. The molecule has 1 aliphatic rings. The summed E-state index contributed by atoms with van der Waals surface area (Å²) >= 11 is 0. The molecule has 2 aromatic carbocycles. The Morgan fingerprint density at radius 3 is 2.71 bits per heavy atom. The molecular weight excluding hydrogens is 392 g/mol. The van der Waals surface area contributed by atoms with Gasteiger partial charge in [0.2, 0.25) is 5.95 Å². The van der Waals surface area contributed by atoms with Crippen molar-refractivity contribution in [3.63, 3.8) is 0 Å². The molecule has 0 bridgehead atoms. The molecule has 0 unspecified atom stereocenters. The number of aromatic nitrogens is 2. The minimum Gasteiger partial charge on any atom is -0.495 e. The first kappa shape index (κ1) is 20.2. The quantitative estimate of drug-likeness (QED) is 0.473. The fraction of sp³-hybridized carbons (Fsp3) is 0.217. The van der Waals surface area contributed by atoms with Gasteiger partial charge in [0.1, 0.15) is 17.4 Å². The Labute approximate surface area is 179 Å². The van der Waals surface area contributed by atoms with Gasteiger partial charge >= 0.3 is 0 Å². The van der Waals surface area contributed by atoms with Crippen molar-refractivity contribution < 1.29 is 4.74 Å². The predicted molar refractivity (Wildman–Crippen MR) is 121 cm³/mol. The van der Waals surface area contributed by atoms with Crippen LogP contribution in [0.15, 0.2) is 58.4 Å². The molecule has 0 spiro atoms. The van der Waals surface area contributed by atoms with Crippen molar-refractivity contribution in [3.05, 3.63) is 70.0 Å². The van der Waals surface area contributed by atoms with Crippen molar-refractivity contribution in [2.45, 2.75) is 12.8 Å². The standard InChI is InChI=1S/C23H22N6O2/c1-31-20-13-16(9-10-19(20)29-11-5-6-12-29)15-25-28-23-26-21(17-7-3-2-4-8-17)18(14-24)22(30)27-23/h2-4,7-10,13,15H,5-6,11-12H2,1H3,(H2,26,27,28,30). The number of hydrogen-bond acceptors (Lipinski definition) is 7. The average Bonchev–Trinajstić information content (AvgIpc) is 3.34. The molecule has 2 heterocycles. The van der Waals surface area contributed by atoms with E-state index in [2.05, 4.69) is 25.4 Å². The molecule has 0 amide bonds. The number of hydrogen-bond donors (Lipinski definition) is 2. The Kier molecular flexibility index (Phi) is 5.94. The topological polar surface area (TPSA) is 106 Å². The minimum atomic E-state index is -0.523. The van der Waals surface area contributed by atoms with Gasteiger partial charge in [-0.3, -0.25) is 9.78 Å². The number of ether oxygens (including phenoxy) is 1. The minimum absolute atomic E-state index is 0.0389. The van der Waals surface area contributed by atoms with Crippen LogP contribution < -0.4 is 20.6 Å². The van der Waals surface area contributed by atoms with Crippen molar-refractivity contribution >= 4 is 17.9 Å². The van der Waals surface area contributed by atoms with Crippen LogP contribution in [-0.2, 0) is 0 Å². The molecule has 1 aromatic heterocycles.